The van der Waals surface area contributed by atoms with Crippen molar-refractivity contribution >= 4 is 35.5 Å². The van der Waals surface area contributed by atoms with Crippen molar-refractivity contribution in [1.29, 1.82) is 0 Å². The van der Waals surface area contributed by atoms with Gasteiger partial charge in [0.15, 0.2) is 0 Å². The van der Waals surface area contributed by atoms with Crippen LogP contribution in [0.4, 0.5) is 0 Å². The normalized spacial score (nSPS) is 13.5. The molecule has 0 saturated heterocycles. The Hall–Kier alpha value is -3.26. The van der Waals surface area contributed by atoms with E-state index >= 15 is 0 Å². The number of hydrogen-bond acceptors (Lipinski definition) is 8. The molecule has 0 aromatic rings. The van der Waals surface area contributed by atoms with E-state index in [0.29, 0.717) is 0 Å². The highest BCUT2D eigenvalue weighted by Crippen LogP contribution is 1.98. The molecule has 0 bridgehead atoms. The molecule has 0 aliphatic carbocycles. The van der Waals surface area contributed by atoms with Gasteiger partial charge in [0.2, 0.25) is 29.5 Å². The molecule has 3 atom stereocenters. The van der Waals surface area contributed by atoms with Gasteiger partial charge in [-0.05, 0) is 6.42 Å². The lowest BCUT2D eigenvalue weighted by atomic mass is 10.1. The van der Waals surface area contributed by atoms with E-state index < -0.39 is 73.2 Å². The minimum atomic E-state index is -1.51. The molecule has 0 radical (unpaired) electrons. The maximum Gasteiger partial charge on any atom is 0.326 e. The van der Waals surface area contributed by atoms with E-state index in [1.165, 1.54) is 0 Å². The van der Waals surface area contributed by atoms with Crippen molar-refractivity contribution in [1.82, 2.24) is 16.0 Å². The van der Waals surface area contributed by atoms with Gasteiger partial charge in [-0.2, -0.15) is 0 Å². The van der Waals surface area contributed by atoms with Gasteiger partial charge in [-0.3, -0.25) is 24.0 Å². The largest absolute Gasteiger partial charge is 0.480 e. The average Bonchev–Trinajstić information content (AvgIpc) is 2.59. The fourth-order valence-corrected chi connectivity index (χ4v) is 1.86. The van der Waals surface area contributed by atoms with E-state index in [4.69, 9.17) is 22.3 Å². The zero-order valence-corrected chi connectivity index (χ0v) is 14.8. The molecule has 28 heavy (non-hydrogen) atoms. The molecular weight excluding hydrogens is 380 g/mol. The van der Waals surface area contributed by atoms with Crippen LogP contribution in [0.3, 0.4) is 0 Å². The number of nitrogens with two attached hydrogens (primary N) is 3. The summed E-state index contributed by atoms with van der Waals surface area (Å²) in [6.07, 6.45) is -1.02. The summed E-state index contributed by atoms with van der Waals surface area (Å²) < 4.78 is 0. The molecule has 0 saturated carbocycles. The summed E-state index contributed by atoms with van der Waals surface area (Å²) in [7, 11) is 0. The Morgan fingerprint density at radius 1 is 0.893 bits per heavy atom. The van der Waals surface area contributed by atoms with Gasteiger partial charge in [-0.15, -0.1) is 0 Å². The third kappa shape index (κ3) is 10.0. The van der Waals surface area contributed by atoms with Crippen LogP contribution in [0.1, 0.15) is 19.3 Å². The summed E-state index contributed by atoms with van der Waals surface area (Å²) >= 11 is 0. The lowest BCUT2D eigenvalue weighted by Gasteiger charge is -2.20. The topological polar surface area (TPSA) is 257 Å². The lowest BCUT2D eigenvalue weighted by molar-refractivity contribution is -0.142. The lowest BCUT2D eigenvalue weighted by Crippen LogP contribution is -2.55. The third-order valence-corrected chi connectivity index (χ3v) is 3.31. The molecule has 0 spiro atoms. The van der Waals surface area contributed by atoms with E-state index in [1.54, 1.807) is 0 Å². The van der Waals surface area contributed by atoms with E-state index in [1.807, 2.05) is 0 Å². The smallest absolute Gasteiger partial charge is 0.326 e. The van der Waals surface area contributed by atoms with Gasteiger partial charge in [0, 0.05) is 6.42 Å². The Bertz CT molecular complexity index is 625. The maximum atomic E-state index is 12.0. The number of rotatable bonds is 13. The highest BCUT2D eigenvalue weighted by molar-refractivity contribution is 5.93. The first kappa shape index (κ1) is 24.7. The second kappa shape index (κ2) is 12.2. The Kier molecular flexibility index (Phi) is 10.8. The number of aliphatic carboxylic acids is 1. The highest BCUT2D eigenvalue weighted by atomic mass is 16.4. The van der Waals surface area contributed by atoms with Crippen molar-refractivity contribution in [3.63, 3.8) is 0 Å². The second-order valence-corrected chi connectivity index (χ2v) is 5.70. The molecule has 5 amide bonds. The number of primary amides is 2. The average molecular weight is 404 g/mol. The van der Waals surface area contributed by atoms with Gasteiger partial charge in [-0.25, -0.2) is 4.79 Å². The van der Waals surface area contributed by atoms with Crippen LogP contribution in [0.2, 0.25) is 0 Å². The van der Waals surface area contributed by atoms with Gasteiger partial charge in [0.1, 0.15) is 12.1 Å². The SMILES string of the molecule is NC(=O)CCC(NC(=O)C(CO)NC(=O)CNC(=O)C(N)CC(N)=O)C(=O)O. The molecule has 0 rings (SSSR count). The molecule has 14 heteroatoms. The number of carboxylic acid groups (broad SMARTS) is 1. The van der Waals surface area contributed by atoms with E-state index in [-0.39, 0.29) is 12.8 Å². The molecule has 0 fully saturated rings. The number of carbonyl (C=O) groups is 6. The highest BCUT2D eigenvalue weighted by Gasteiger charge is 2.26. The summed E-state index contributed by atoms with van der Waals surface area (Å²) in [5.74, 6) is -5.77. The molecule has 0 aliphatic heterocycles. The van der Waals surface area contributed by atoms with E-state index in [9.17, 15) is 33.9 Å². The van der Waals surface area contributed by atoms with Gasteiger partial charge in [0.05, 0.1) is 25.6 Å². The molecule has 3 unspecified atom stereocenters. The number of aliphatic hydroxyl groups excluding tert-OH is 1. The quantitative estimate of drug-likeness (QED) is 0.145. The van der Waals surface area contributed by atoms with Crippen molar-refractivity contribution in [2.75, 3.05) is 13.2 Å². The summed E-state index contributed by atoms with van der Waals surface area (Å²) in [6.45, 7) is -1.49. The molecule has 14 nitrogen and oxygen atoms in total. The van der Waals surface area contributed by atoms with Crippen LogP contribution in [0.25, 0.3) is 0 Å². The Balaban J connectivity index is 4.64. The Labute approximate surface area is 159 Å². The monoisotopic (exact) mass is 404 g/mol. The summed E-state index contributed by atoms with van der Waals surface area (Å²) in [5, 5.41) is 24.5. The van der Waals surface area contributed by atoms with Crippen molar-refractivity contribution in [2.24, 2.45) is 17.2 Å². The number of nitrogens with one attached hydrogen (secondary N) is 3. The first-order valence-corrected chi connectivity index (χ1v) is 8.01. The van der Waals surface area contributed by atoms with Gasteiger partial charge >= 0.3 is 5.97 Å². The minimum absolute atomic E-state index is 0.281. The zero-order valence-electron chi connectivity index (χ0n) is 14.8. The fraction of sp³-hybridized carbons (Fsp3) is 0.571. The Morgan fingerprint density at radius 2 is 1.50 bits per heavy atom. The van der Waals surface area contributed by atoms with Gasteiger partial charge in [0.25, 0.3) is 0 Å². The molecule has 11 N–H and O–H groups in total. The standard InChI is InChI=1S/C14H24N6O8/c15-6(3-10(17)23)12(25)18-4-11(24)19-8(5-21)13(26)20-7(14(27)28)1-2-9(16)22/h6-8,21H,1-5,15H2,(H2,16,22)(H2,17,23)(H,18,25)(H,19,24)(H,20,26)(H,27,28). The molecule has 0 aromatic carbocycles. The predicted molar refractivity (Wildman–Crippen MR) is 91.8 cm³/mol. The third-order valence-electron chi connectivity index (χ3n) is 3.31. The summed E-state index contributed by atoms with van der Waals surface area (Å²) in [5.41, 5.74) is 15.2. The van der Waals surface area contributed by atoms with Crippen LogP contribution in [-0.2, 0) is 28.8 Å². The number of aliphatic hydroxyl groups is 1. The number of carbonyl (C=O) groups excluding carboxylic acids is 5. The van der Waals surface area contributed by atoms with Gasteiger partial charge < -0.3 is 43.4 Å². The van der Waals surface area contributed by atoms with Crippen LogP contribution in [0, 0.1) is 0 Å². The maximum absolute atomic E-state index is 12.0. The summed E-state index contributed by atoms with van der Waals surface area (Å²) in [6, 6.07) is -4.24. The molecule has 0 aromatic heterocycles. The number of carboxylic acids is 1. The van der Waals surface area contributed by atoms with Crippen molar-refractivity contribution in [3.8, 4) is 0 Å². The van der Waals surface area contributed by atoms with Crippen LogP contribution in [0.15, 0.2) is 0 Å². The number of amides is 5. The molecule has 158 valence electrons. The zero-order chi connectivity index (χ0) is 21.9. The predicted octanol–water partition coefficient (Wildman–Crippen LogP) is -5.38. The second-order valence-electron chi connectivity index (χ2n) is 5.70. The summed E-state index contributed by atoms with van der Waals surface area (Å²) in [4.78, 5) is 67.8. The molecule has 0 heterocycles. The van der Waals surface area contributed by atoms with E-state index in [0.717, 1.165) is 0 Å². The first-order valence-electron chi connectivity index (χ1n) is 8.01. The molecule has 0 aliphatic rings. The van der Waals surface area contributed by atoms with Crippen molar-refractivity contribution in [2.45, 2.75) is 37.4 Å². The molecular formula is C14H24N6O8. The van der Waals surface area contributed by atoms with Crippen molar-refractivity contribution < 1.29 is 39.0 Å². The van der Waals surface area contributed by atoms with Gasteiger partial charge in [-0.1, -0.05) is 0 Å². The Morgan fingerprint density at radius 3 is 1.96 bits per heavy atom. The van der Waals surface area contributed by atoms with E-state index in [2.05, 4.69) is 16.0 Å². The van der Waals surface area contributed by atoms with Crippen LogP contribution in [0.5, 0.6) is 0 Å². The van der Waals surface area contributed by atoms with Crippen LogP contribution in [-0.4, -0.2) is 77.0 Å². The first-order chi connectivity index (χ1) is 13.0. The van der Waals surface area contributed by atoms with Crippen LogP contribution < -0.4 is 33.2 Å². The van der Waals surface area contributed by atoms with Crippen LogP contribution >= 0.6 is 0 Å². The number of hydrogen-bond donors (Lipinski definition) is 8. The fourth-order valence-electron chi connectivity index (χ4n) is 1.86. The van der Waals surface area contributed by atoms with Crippen molar-refractivity contribution in [3.05, 3.63) is 0 Å². The minimum Gasteiger partial charge on any atom is -0.480 e.